The van der Waals surface area contributed by atoms with Crippen LogP contribution in [0.2, 0.25) is 0 Å². The summed E-state index contributed by atoms with van der Waals surface area (Å²) in [5.41, 5.74) is 0.199. The monoisotopic (exact) mass is 359 g/mol. The Kier molecular flexibility index (Phi) is 4.95. The zero-order chi connectivity index (χ0) is 17.5. The van der Waals surface area contributed by atoms with Crippen LogP contribution in [0.15, 0.2) is 29.2 Å². The fraction of sp³-hybridized carbons (Fsp3) is 0.625. The van der Waals surface area contributed by atoms with Crippen molar-refractivity contribution in [1.29, 1.82) is 0 Å². The first-order valence-electron chi connectivity index (χ1n) is 7.85. The Bertz CT molecular complexity index is 767. The SMILES string of the molecule is CCN([C@]1(C)CCS(=O)(=O)C1)S(=O)(=O)c1ccc(C(C)C)cc1. The molecule has 5 nitrogen and oxygen atoms in total. The lowest BCUT2D eigenvalue weighted by molar-refractivity contribution is 0.243. The summed E-state index contributed by atoms with van der Waals surface area (Å²) in [6.07, 6.45) is 0.340. The molecule has 2 rings (SSSR count). The third-order valence-corrected chi connectivity index (χ3v) is 8.54. The Labute approximate surface area is 139 Å². The second-order valence-electron chi connectivity index (χ2n) is 6.73. The van der Waals surface area contributed by atoms with Gasteiger partial charge in [0, 0.05) is 12.1 Å². The number of nitrogens with zero attached hydrogens (tertiary/aromatic N) is 1. The van der Waals surface area contributed by atoms with E-state index < -0.39 is 25.4 Å². The first-order valence-corrected chi connectivity index (χ1v) is 11.1. The molecule has 0 spiro atoms. The van der Waals surface area contributed by atoms with Crippen LogP contribution in [-0.2, 0) is 19.9 Å². The minimum atomic E-state index is -3.72. The molecule has 1 aromatic rings. The van der Waals surface area contributed by atoms with Crippen LogP contribution < -0.4 is 0 Å². The number of benzene rings is 1. The second kappa shape index (κ2) is 6.18. The van der Waals surface area contributed by atoms with Crippen LogP contribution in [0.5, 0.6) is 0 Å². The summed E-state index contributed by atoms with van der Waals surface area (Å²) in [5, 5.41) is 0. The highest BCUT2D eigenvalue weighted by Crippen LogP contribution is 2.34. The first-order chi connectivity index (χ1) is 10.5. The van der Waals surface area contributed by atoms with Gasteiger partial charge in [0.15, 0.2) is 9.84 Å². The molecule has 0 saturated carbocycles. The molecular formula is C16H25NO4S2. The van der Waals surface area contributed by atoms with E-state index in [9.17, 15) is 16.8 Å². The molecule has 1 saturated heterocycles. The van der Waals surface area contributed by atoms with Gasteiger partial charge in [-0.25, -0.2) is 16.8 Å². The van der Waals surface area contributed by atoms with Gasteiger partial charge in [-0.05, 0) is 37.0 Å². The standard InChI is InChI=1S/C16H25NO4S2/c1-5-17(16(4)10-11-22(18,19)12-16)23(20,21)15-8-6-14(7-9-15)13(2)3/h6-9,13H,5,10-12H2,1-4H3/t16-/m1/s1. The van der Waals surface area contributed by atoms with Gasteiger partial charge in [-0.3, -0.25) is 0 Å². The summed E-state index contributed by atoms with van der Waals surface area (Å²) < 4.78 is 51.0. The molecule has 0 bridgehead atoms. The van der Waals surface area contributed by atoms with Crippen molar-refractivity contribution in [1.82, 2.24) is 4.31 Å². The first kappa shape index (κ1) is 18.4. The van der Waals surface area contributed by atoms with E-state index >= 15 is 0 Å². The molecule has 0 N–H and O–H groups in total. The zero-order valence-electron chi connectivity index (χ0n) is 14.1. The van der Waals surface area contributed by atoms with Crippen LogP contribution in [-0.4, -0.2) is 44.7 Å². The Morgan fingerprint density at radius 3 is 2.17 bits per heavy atom. The van der Waals surface area contributed by atoms with Crippen molar-refractivity contribution in [3.63, 3.8) is 0 Å². The predicted molar refractivity (Wildman–Crippen MR) is 91.8 cm³/mol. The summed E-state index contributed by atoms with van der Waals surface area (Å²) >= 11 is 0. The van der Waals surface area contributed by atoms with Crippen LogP contribution in [0.3, 0.4) is 0 Å². The van der Waals surface area contributed by atoms with Crippen molar-refractivity contribution < 1.29 is 16.8 Å². The Balaban J connectivity index is 2.40. The topological polar surface area (TPSA) is 71.5 Å². The minimum absolute atomic E-state index is 0.0435. The number of hydrogen-bond donors (Lipinski definition) is 0. The molecule has 1 aliphatic rings. The molecule has 0 amide bonds. The van der Waals surface area contributed by atoms with Gasteiger partial charge in [0.2, 0.25) is 10.0 Å². The largest absolute Gasteiger partial charge is 0.243 e. The average molecular weight is 360 g/mol. The number of sulfonamides is 1. The van der Waals surface area contributed by atoms with Crippen molar-refractivity contribution in [2.75, 3.05) is 18.1 Å². The van der Waals surface area contributed by atoms with Gasteiger partial charge in [-0.1, -0.05) is 32.9 Å². The van der Waals surface area contributed by atoms with Gasteiger partial charge in [0.05, 0.1) is 16.4 Å². The molecule has 0 aromatic heterocycles. The molecule has 0 unspecified atom stereocenters. The van der Waals surface area contributed by atoms with Crippen LogP contribution in [0.4, 0.5) is 0 Å². The van der Waals surface area contributed by atoms with Gasteiger partial charge in [-0.2, -0.15) is 4.31 Å². The highest BCUT2D eigenvalue weighted by molar-refractivity contribution is 7.92. The van der Waals surface area contributed by atoms with E-state index in [0.29, 0.717) is 12.3 Å². The van der Waals surface area contributed by atoms with Gasteiger partial charge < -0.3 is 0 Å². The fourth-order valence-corrected chi connectivity index (χ4v) is 7.22. The molecule has 1 heterocycles. The van der Waals surface area contributed by atoms with E-state index in [0.717, 1.165) is 5.56 Å². The summed E-state index contributed by atoms with van der Waals surface area (Å²) in [6, 6.07) is 6.86. The summed E-state index contributed by atoms with van der Waals surface area (Å²) in [7, 11) is -6.89. The lowest BCUT2D eigenvalue weighted by Gasteiger charge is -2.35. The van der Waals surface area contributed by atoms with Crippen molar-refractivity contribution in [3.8, 4) is 0 Å². The Hall–Kier alpha value is -0.920. The number of sulfone groups is 1. The van der Waals surface area contributed by atoms with Gasteiger partial charge in [0.25, 0.3) is 0 Å². The molecule has 0 radical (unpaired) electrons. The minimum Gasteiger partial charge on any atom is -0.229 e. The van der Waals surface area contributed by atoms with Crippen molar-refractivity contribution in [2.45, 2.75) is 50.5 Å². The summed E-state index contributed by atoms with van der Waals surface area (Å²) in [5.74, 6) is 0.255. The average Bonchev–Trinajstić information content (AvgIpc) is 2.73. The maximum Gasteiger partial charge on any atom is 0.243 e. The Morgan fingerprint density at radius 1 is 1.22 bits per heavy atom. The van der Waals surface area contributed by atoms with Gasteiger partial charge in [0.1, 0.15) is 0 Å². The molecular weight excluding hydrogens is 334 g/mol. The van der Waals surface area contributed by atoms with E-state index in [1.165, 1.54) is 4.31 Å². The molecule has 130 valence electrons. The van der Waals surface area contributed by atoms with Crippen molar-refractivity contribution >= 4 is 19.9 Å². The smallest absolute Gasteiger partial charge is 0.229 e. The number of hydrogen-bond acceptors (Lipinski definition) is 4. The van der Waals surface area contributed by atoms with Crippen LogP contribution in [0, 0.1) is 0 Å². The third-order valence-electron chi connectivity index (χ3n) is 4.51. The van der Waals surface area contributed by atoms with Gasteiger partial charge >= 0.3 is 0 Å². The highest BCUT2D eigenvalue weighted by Gasteiger charge is 2.47. The maximum atomic E-state index is 13.0. The Morgan fingerprint density at radius 2 is 1.78 bits per heavy atom. The molecule has 0 aliphatic carbocycles. The van der Waals surface area contributed by atoms with Crippen LogP contribution in [0.25, 0.3) is 0 Å². The van der Waals surface area contributed by atoms with Crippen molar-refractivity contribution in [3.05, 3.63) is 29.8 Å². The molecule has 1 atom stereocenters. The molecule has 7 heteroatoms. The van der Waals surface area contributed by atoms with E-state index in [-0.39, 0.29) is 22.9 Å². The molecule has 1 fully saturated rings. The molecule has 1 aliphatic heterocycles. The second-order valence-corrected chi connectivity index (χ2v) is 10.8. The van der Waals surface area contributed by atoms with E-state index in [1.54, 1.807) is 26.0 Å². The summed E-state index contributed by atoms with van der Waals surface area (Å²) in [4.78, 5) is 0.217. The maximum absolute atomic E-state index is 13.0. The predicted octanol–water partition coefficient (Wildman–Crippen LogP) is 2.40. The van der Waals surface area contributed by atoms with E-state index in [4.69, 9.17) is 0 Å². The molecule has 23 heavy (non-hydrogen) atoms. The van der Waals surface area contributed by atoms with Crippen LogP contribution >= 0.6 is 0 Å². The third kappa shape index (κ3) is 3.61. The summed E-state index contributed by atoms with van der Waals surface area (Å²) in [6.45, 7) is 7.82. The van der Waals surface area contributed by atoms with Crippen LogP contribution in [0.1, 0.15) is 45.6 Å². The quantitative estimate of drug-likeness (QED) is 0.809. The van der Waals surface area contributed by atoms with Gasteiger partial charge in [-0.15, -0.1) is 0 Å². The highest BCUT2D eigenvalue weighted by atomic mass is 32.2. The van der Waals surface area contributed by atoms with Crippen molar-refractivity contribution in [2.24, 2.45) is 0 Å². The normalized spacial score (nSPS) is 24.4. The van der Waals surface area contributed by atoms with E-state index in [1.807, 2.05) is 26.0 Å². The lowest BCUT2D eigenvalue weighted by atomic mass is 10.0. The van der Waals surface area contributed by atoms with E-state index in [2.05, 4.69) is 0 Å². The fourth-order valence-electron chi connectivity index (χ4n) is 3.18. The lowest BCUT2D eigenvalue weighted by Crippen LogP contribution is -2.50. The zero-order valence-corrected chi connectivity index (χ0v) is 15.7. The molecule has 1 aromatic carbocycles. The number of rotatable bonds is 5.